The molecule has 0 aliphatic heterocycles. The third kappa shape index (κ3) is 5.16. The predicted octanol–water partition coefficient (Wildman–Crippen LogP) is 5.84. The molecule has 0 saturated heterocycles. The van der Waals surface area contributed by atoms with Crippen LogP contribution in [0.25, 0.3) is 10.9 Å². The molecule has 2 N–H and O–H groups in total. The maximum atomic E-state index is 13.3. The first kappa shape index (κ1) is 22.4. The van der Waals surface area contributed by atoms with E-state index >= 15 is 0 Å². The minimum Gasteiger partial charge on any atom is -0.335 e. The van der Waals surface area contributed by atoms with Gasteiger partial charge in [-0.25, -0.2) is 4.79 Å². The third-order valence-electron chi connectivity index (χ3n) is 6.29. The number of fused-ring (bicyclic) bond motifs is 1. The van der Waals surface area contributed by atoms with E-state index in [1.165, 1.54) is 6.42 Å². The Kier molecular flexibility index (Phi) is 6.85. The van der Waals surface area contributed by atoms with Crippen LogP contribution in [0.1, 0.15) is 54.4 Å². The molecule has 1 saturated carbocycles. The Morgan fingerprint density at radius 3 is 2.53 bits per heavy atom. The molecule has 168 valence electrons. The molecule has 1 aliphatic carbocycles. The lowest BCUT2D eigenvalue weighted by Crippen LogP contribution is -2.45. The van der Waals surface area contributed by atoms with Crippen LogP contribution in [-0.2, 0) is 13.1 Å². The second kappa shape index (κ2) is 9.78. The summed E-state index contributed by atoms with van der Waals surface area (Å²) in [5.41, 5.74) is 4.28. The number of carbonyl (C=O) groups is 1. The zero-order chi connectivity index (χ0) is 22.7. The van der Waals surface area contributed by atoms with Crippen LogP contribution in [0.5, 0.6) is 0 Å². The third-order valence-corrected chi connectivity index (χ3v) is 6.66. The summed E-state index contributed by atoms with van der Waals surface area (Å²) in [5, 5.41) is 4.79. The zero-order valence-corrected chi connectivity index (χ0v) is 19.5. The second-order valence-corrected chi connectivity index (χ2v) is 9.31. The van der Waals surface area contributed by atoms with Crippen LogP contribution in [0.4, 0.5) is 4.79 Å². The summed E-state index contributed by atoms with van der Waals surface area (Å²) in [6.45, 7) is 4.60. The van der Waals surface area contributed by atoms with E-state index in [-0.39, 0.29) is 24.2 Å². The van der Waals surface area contributed by atoms with Crippen LogP contribution in [-0.4, -0.2) is 22.0 Å². The summed E-state index contributed by atoms with van der Waals surface area (Å²) in [6, 6.07) is 13.5. The molecule has 0 atom stereocenters. The van der Waals surface area contributed by atoms with Crippen LogP contribution in [0.3, 0.4) is 0 Å². The lowest BCUT2D eigenvalue weighted by molar-refractivity contribution is 0.184. The SMILES string of the molecule is Cc1cc(C)c2cc(CN(Cc3ccccc3Cl)C(=O)NC3CCCCC3)c(=O)[nH]c2c1. The van der Waals surface area contributed by atoms with Crippen molar-refractivity contribution < 1.29 is 4.79 Å². The van der Waals surface area contributed by atoms with Crippen LogP contribution in [0.2, 0.25) is 5.02 Å². The Balaban J connectivity index is 1.64. The quantitative estimate of drug-likeness (QED) is 0.511. The molecule has 1 aliphatic rings. The molecule has 1 aromatic heterocycles. The van der Waals surface area contributed by atoms with Crippen molar-refractivity contribution in [3.05, 3.63) is 80.1 Å². The fourth-order valence-electron chi connectivity index (χ4n) is 4.58. The highest BCUT2D eigenvalue weighted by atomic mass is 35.5. The van der Waals surface area contributed by atoms with Crippen molar-refractivity contribution >= 4 is 28.5 Å². The number of halogens is 1. The first-order chi connectivity index (χ1) is 15.4. The first-order valence-corrected chi connectivity index (χ1v) is 11.7. The van der Waals surface area contributed by atoms with E-state index in [4.69, 9.17) is 11.6 Å². The summed E-state index contributed by atoms with van der Waals surface area (Å²) in [4.78, 5) is 30.9. The molecule has 0 radical (unpaired) electrons. The molecule has 4 rings (SSSR count). The number of hydrogen-bond acceptors (Lipinski definition) is 2. The number of pyridine rings is 1. The maximum absolute atomic E-state index is 13.3. The first-order valence-electron chi connectivity index (χ1n) is 11.3. The van der Waals surface area contributed by atoms with Crippen molar-refractivity contribution in [3.8, 4) is 0 Å². The van der Waals surface area contributed by atoms with Gasteiger partial charge in [0.05, 0.1) is 6.54 Å². The van der Waals surface area contributed by atoms with Crippen molar-refractivity contribution in [2.45, 2.75) is 65.1 Å². The van der Waals surface area contributed by atoms with Crippen molar-refractivity contribution in [2.75, 3.05) is 0 Å². The summed E-state index contributed by atoms with van der Waals surface area (Å²) in [7, 11) is 0. The molecule has 1 fully saturated rings. The van der Waals surface area contributed by atoms with Crippen molar-refractivity contribution in [1.82, 2.24) is 15.2 Å². The van der Waals surface area contributed by atoms with E-state index < -0.39 is 0 Å². The van der Waals surface area contributed by atoms with Gasteiger partial charge in [0.2, 0.25) is 0 Å². The minimum absolute atomic E-state index is 0.156. The van der Waals surface area contributed by atoms with Crippen molar-refractivity contribution in [2.24, 2.45) is 0 Å². The van der Waals surface area contributed by atoms with Gasteiger partial charge in [0, 0.05) is 34.1 Å². The predicted molar refractivity (Wildman–Crippen MR) is 130 cm³/mol. The molecule has 32 heavy (non-hydrogen) atoms. The highest BCUT2D eigenvalue weighted by Crippen LogP contribution is 2.22. The number of rotatable bonds is 5. The molecular weight excluding hydrogens is 422 g/mol. The van der Waals surface area contributed by atoms with Crippen LogP contribution >= 0.6 is 11.6 Å². The number of nitrogens with one attached hydrogen (secondary N) is 2. The smallest absolute Gasteiger partial charge is 0.318 e. The molecule has 2 amide bonds. The van der Waals surface area contributed by atoms with Gasteiger partial charge >= 0.3 is 6.03 Å². The van der Waals surface area contributed by atoms with E-state index in [0.29, 0.717) is 17.1 Å². The van der Waals surface area contributed by atoms with Gasteiger partial charge in [0.1, 0.15) is 0 Å². The summed E-state index contributed by atoms with van der Waals surface area (Å²) in [6.07, 6.45) is 5.50. The lowest BCUT2D eigenvalue weighted by Gasteiger charge is -2.28. The molecule has 0 spiro atoms. The molecule has 2 aromatic carbocycles. The number of aromatic nitrogens is 1. The minimum atomic E-state index is -0.169. The van der Waals surface area contributed by atoms with Gasteiger partial charge in [-0.05, 0) is 61.6 Å². The van der Waals surface area contributed by atoms with Crippen LogP contribution in [0.15, 0.2) is 47.3 Å². The van der Waals surface area contributed by atoms with Gasteiger partial charge in [0.15, 0.2) is 0 Å². The fraction of sp³-hybridized carbons (Fsp3) is 0.385. The van der Waals surface area contributed by atoms with Crippen LogP contribution < -0.4 is 10.9 Å². The van der Waals surface area contributed by atoms with Gasteiger partial charge in [-0.15, -0.1) is 0 Å². The van der Waals surface area contributed by atoms with E-state index in [0.717, 1.165) is 53.3 Å². The number of aryl methyl sites for hydroxylation is 2. The highest BCUT2D eigenvalue weighted by Gasteiger charge is 2.22. The number of nitrogens with zero attached hydrogens (tertiary/aromatic N) is 1. The average molecular weight is 452 g/mol. The van der Waals surface area contributed by atoms with Gasteiger partial charge in [0.25, 0.3) is 5.56 Å². The molecule has 0 bridgehead atoms. The number of amides is 2. The molecule has 5 nitrogen and oxygen atoms in total. The van der Waals surface area contributed by atoms with E-state index in [2.05, 4.69) is 16.4 Å². The van der Waals surface area contributed by atoms with Gasteiger partial charge in [-0.1, -0.05) is 55.1 Å². The van der Waals surface area contributed by atoms with Crippen molar-refractivity contribution in [3.63, 3.8) is 0 Å². The molecule has 6 heteroatoms. The van der Waals surface area contributed by atoms with E-state index in [1.807, 2.05) is 50.2 Å². The lowest BCUT2D eigenvalue weighted by atomic mass is 9.96. The number of benzene rings is 2. The average Bonchev–Trinajstić information content (AvgIpc) is 2.76. The molecular formula is C26H30ClN3O2. The zero-order valence-electron chi connectivity index (χ0n) is 18.7. The topological polar surface area (TPSA) is 65.2 Å². The van der Waals surface area contributed by atoms with Crippen LogP contribution in [0, 0.1) is 13.8 Å². The number of hydrogen-bond donors (Lipinski definition) is 2. The standard InChI is InChI=1S/C26H30ClN3O2/c1-17-12-18(2)22-14-20(25(31)29-24(22)13-17)16-30(15-19-8-6-7-11-23(19)27)26(32)28-21-9-4-3-5-10-21/h6-8,11-14,21H,3-5,9-10,15-16H2,1-2H3,(H,28,32)(H,29,31). The second-order valence-electron chi connectivity index (χ2n) is 8.90. The molecule has 0 unspecified atom stereocenters. The molecule has 1 heterocycles. The summed E-state index contributed by atoms with van der Waals surface area (Å²) < 4.78 is 0. The highest BCUT2D eigenvalue weighted by molar-refractivity contribution is 6.31. The Hall–Kier alpha value is -2.79. The van der Waals surface area contributed by atoms with Gasteiger partial charge in [-0.2, -0.15) is 0 Å². The number of aromatic amines is 1. The Labute approximate surface area is 193 Å². The van der Waals surface area contributed by atoms with Crippen molar-refractivity contribution in [1.29, 1.82) is 0 Å². The maximum Gasteiger partial charge on any atom is 0.318 e. The summed E-state index contributed by atoms with van der Waals surface area (Å²) in [5.74, 6) is 0. The monoisotopic (exact) mass is 451 g/mol. The Bertz CT molecular complexity index is 1180. The summed E-state index contributed by atoms with van der Waals surface area (Å²) >= 11 is 6.39. The van der Waals surface area contributed by atoms with Gasteiger partial charge in [-0.3, -0.25) is 4.79 Å². The number of H-pyrrole nitrogens is 1. The number of urea groups is 1. The Morgan fingerprint density at radius 1 is 1.06 bits per heavy atom. The fourth-order valence-corrected chi connectivity index (χ4v) is 4.78. The Morgan fingerprint density at radius 2 is 1.78 bits per heavy atom. The largest absolute Gasteiger partial charge is 0.335 e. The number of carbonyl (C=O) groups excluding carboxylic acids is 1. The van der Waals surface area contributed by atoms with Gasteiger partial charge < -0.3 is 15.2 Å². The normalized spacial score (nSPS) is 14.5. The van der Waals surface area contributed by atoms with E-state index in [1.54, 1.807) is 4.90 Å². The van der Waals surface area contributed by atoms with E-state index in [9.17, 15) is 9.59 Å². The molecule has 3 aromatic rings.